The molecule has 7 rings (SSSR count). The van der Waals surface area contributed by atoms with Gasteiger partial charge in [-0.2, -0.15) is 9.13 Å². The molecule has 0 N–H and O–H groups in total. The zero-order valence-corrected chi connectivity index (χ0v) is 29.3. The van der Waals surface area contributed by atoms with Crippen LogP contribution in [0.3, 0.4) is 0 Å². The number of hydrogen-bond donors (Lipinski definition) is 0. The van der Waals surface area contributed by atoms with Crippen molar-refractivity contribution in [3.05, 3.63) is 126 Å². The quantitative estimate of drug-likeness (QED) is 0.145. The van der Waals surface area contributed by atoms with E-state index in [1.54, 1.807) is 5.19 Å². The molecule has 3 aromatic heterocycles. The van der Waals surface area contributed by atoms with Gasteiger partial charge in [-0.1, -0.05) is 88.9 Å². The molecule has 3 nitrogen and oxygen atoms in total. The molecule has 0 radical (unpaired) electrons. The average molecular weight is 622 g/mol. The van der Waals surface area contributed by atoms with Gasteiger partial charge in [0, 0.05) is 46.8 Å². The molecule has 46 heavy (non-hydrogen) atoms. The molecule has 232 valence electrons. The second-order valence-corrected chi connectivity index (χ2v) is 19.7. The van der Waals surface area contributed by atoms with Crippen LogP contribution in [0.4, 0.5) is 0 Å². The van der Waals surface area contributed by atoms with Gasteiger partial charge in [-0.15, -0.1) is 0 Å². The Labute approximate surface area is 276 Å². The Balaban J connectivity index is 1.47. The average Bonchev–Trinajstić information content (AvgIpc) is 3.06. The topological polar surface area (TPSA) is 20.6 Å². The predicted molar refractivity (Wildman–Crippen MR) is 194 cm³/mol. The van der Waals surface area contributed by atoms with Crippen LogP contribution in [0.1, 0.15) is 73.7 Å². The highest BCUT2D eigenvalue weighted by Crippen LogP contribution is 2.44. The minimum absolute atomic E-state index is 0.276. The van der Waals surface area contributed by atoms with E-state index in [0.29, 0.717) is 11.8 Å². The second kappa shape index (κ2) is 11.9. The standard InChI is InChI=1S/C42H47N3Si/c1-8-30-23-40-34-17-13-12-16-33(34)35-19-18-32-20-21-43-25-37(32)41-24-36(31-14-10-9-11-15-31)38(28(2)3)26-44(41)29(4)22-39(35)45(40)27-42(30)46(5,6)7/h9-17,20-21,23-28,35,39H,4,8,18-19,22H2,1-3,5-7H3/q+2. The van der Waals surface area contributed by atoms with E-state index < -0.39 is 8.07 Å². The van der Waals surface area contributed by atoms with Gasteiger partial charge in [0.2, 0.25) is 11.4 Å². The normalized spacial score (nSPS) is 17.4. The molecule has 0 aliphatic carbocycles. The van der Waals surface area contributed by atoms with Gasteiger partial charge in [0.25, 0.3) is 0 Å². The van der Waals surface area contributed by atoms with Crippen molar-refractivity contribution in [1.82, 2.24) is 4.98 Å². The third-order valence-corrected chi connectivity index (χ3v) is 12.4. The molecule has 0 amide bonds. The number of nitrogens with zero attached hydrogens (tertiary/aromatic N) is 3. The maximum Gasteiger partial charge on any atom is 0.220 e. The maximum atomic E-state index is 4.87. The molecule has 4 heteroatoms. The van der Waals surface area contributed by atoms with Gasteiger partial charge in [0.1, 0.15) is 0 Å². The van der Waals surface area contributed by atoms with Crippen molar-refractivity contribution in [3.8, 4) is 33.6 Å². The lowest BCUT2D eigenvalue weighted by molar-refractivity contribution is -0.719. The van der Waals surface area contributed by atoms with Gasteiger partial charge in [0.15, 0.2) is 24.1 Å². The smallest absolute Gasteiger partial charge is 0.220 e. The summed E-state index contributed by atoms with van der Waals surface area (Å²) in [5.41, 5.74) is 14.5. The summed E-state index contributed by atoms with van der Waals surface area (Å²) < 4.78 is 5.08. The molecule has 2 aromatic carbocycles. The summed E-state index contributed by atoms with van der Waals surface area (Å²) >= 11 is 0. The van der Waals surface area contributed by atoms with E-state index in [4.69, 9.17) is 6.58 Å². The fraction of sp³-hybridized carbons (Fsp3) is 0.310. The Kier molecular flexibility index (Phi) is 7.88. The van der Waals surface area contributed by atoms with E-state index in [9.17, 15) is 0 Å². The molecule has 0 saturated carbocycles. The van der Waals surface area contributed by atoms with Crippen molar-refractivity contribution in [2.75, 3.05) is 0 Å². The Morgan fingerprint density at radius 2 is 1.65 bits per heavy atom. The molecule has 5 heterocycles. The summed E-state index contributed by atoms with van der Waals surface area (Å²) in [6, 6.07) is 27.5. The summed E-state index contributed by atoms with van der Waals surface area (Å²) in [6.07, 6.45) is 13.0. The summed E-state index contributed by atoms with van der Waals surface area (Å²) in [7, 11) is -1.58. The van der Waals surface area contributed by atoms with Crippen molar-refractivity contribution in [1.29, 1.82) is 0 Å². The number of rotatable bonds is 4. The lowest BCUT2D eigenvalue weighted by Gasteiger charge is -2.33. The summed E-state index contributed by atoms with van der Waals surface area (Å²) in [6.45, 7) is 19.3. The van der Waals surface area contributed by atoms with Crippen LogP contribution in [0.5, 0.6) is 0 Å². The molecule has 2 aliphatic rings. The van der Waals surface area contributed by atoms with Crippen molar-refractivity contribution < 1.29 is 9.13 Å². The Hall–Kier alpha value is -4.15. The van der Waals surface area contributed by atoms with E-state index in [1.807, 2.05) is 6.20 Å². The molecule has 0 spiro atoms. The van der Waals surface area contributed by atoms with Crippen LogP contribution in [0.2, 0.25) is 19.6 Å². The fourth-order valence-corrected chi connectivity index (χ4v) is 9.74. The van der Waals surface area contributed by atoms with Gasteiger partial charge >= 0.3 is 0 Å². The monoisotopic (exact) mass is 621 g/mol. The summed E-state index contributed by atoms with van der Waals surface area (Å²) in [5, 5.41) is 1.58. The Bertz CT molecular complexity index is 1950. The van der Waals surface area contributed by atoms with E-state index in [0.717, 1.165) is 31.4 Å². The van der Waals surface area contributed by atoms with Crippen molar-refractivity contribution >= 4 is 19.0 Å². The minimum Gasteiger partial charge on any atom is -0.264 e. The van der Waals surface area contributed by atoms with Crippen molar-refractivity contribution in [2.45, 2.75) is 84.0 Å². The molecule has 2 aliphatic heterocycles. The molecule has 0 fully saturated rings. The zero-order chi connectivity index (χ0) is 32.2. The van der Waals surface area contributed by atoms with Gasteiger partial charge < -0.3 is 0 Å². The number of hydrogen-bond acceptors (Lipinski definition) is 1. The molecule has 2 atom stereocenters. The Morgan fingerprint density at radius 1 is 0.891 bits per heavy atom. The van der Waals surface area contributed by atoms with Crippen LogP contribution in [0, 0.1) is 0 Å². The maximum absolute atomic E-state index is 4.87. The number of aromatic nitrogens is 3. The third kappa shape index (κ3) is 5.27. The van der Waals surface area contributed by atoms with Crippen molar-refractivity contribution in [2.24, 2.45) is 0 Å². The van der Waals surface area contributed by atoms with E-state index in [2.05, 4.69) is 146 Å². The van der Waals surface area contributed by atoms with Crippen LogP contribution in [-0.2, 0) is 12.8 Å². The lowest BCUT2D eigenvalue weighted by atomic mass is 9.77. The Morgan fingerprint density at radius 3 is 2.39 bits per heavy atom. The van der Waals surface area contributed by atoms with Crippen molar-refractivity contribution in [3.63, 3.8) is 0 Å². The van der Waals surface area contributed by atoms with Gasteiger partial charge in [0.05, 0.1) is 20.1 Å². The highest BCUT2D eigenvalue weighted by atomic mass is 28.3. The SMILES string of the molecule is C=C1CC2C(CCc3ccncc3-c3cc(-c4ccccc4)c(C(C)C)c[n+]31)c1ccccc1-c1cc(CC)c([Si](C)(C)C)c[n+]12. The van der Waals surface area contributed by atoms with E-state index in [1.165, 1.54) is 55.9 Å². The minimum atomic E-state index is -1.58. The van der Waals surface area contributed by atoms with Crippen LogP contribution in [0.25, 0.3) is 39.3 Å². The first kappa shape index (κ1) is 30.5. The van der Waals surface area contributed by atoms with Crippen LogP contribution in [-0.4, -0.2) is 13.1 Å². The summed E-state index contributed by atoms with van der Waals surface area (Å²) in [5.74, 6) is 0.740. The van der Waals surface area contributed by atoms with E-state index in [-0.39, 0.29) is 6.04 Å². The number of benzene rings is 2. The number of fused-ring (bicyclic) bond motifs is 9. The van der Waals surface area contributed by atoms with Gasteiger partial charge in [-0.3, -0.25) is 4.98 Å². The molecule has 0 bridgehead atoms. The van der Waals surface area contributed by atoms with E-state index >= 15 is 0 Å². The lowest BCUT2D eigenvalue weighted by Crippen LogP contribution is -2.54. The molecule has 0 saturated heterocycles. The van der Waals surface area contributed by atoms with Crippen LogP contribution < -0.4 is 14.3 Å². The molecule has 2 unspecified atom stereocenters. The fourth-order valence-electron chi connectivity index (χ4n) is 8.00. The first-order valence-corrected chi connectivity index (χ1v) is 20.6. The number of aryl methyl sites for hydroxylation is 2. The predicted octanol–water partition coefficient (Wildman–Crippen LogP) is 9.03. The first-order chi connectivity index (χ1) is 22.2. The van der Waals surface area contributed by atoms with Crippen LogP contribution in [0.15, 0.2) is 104 Å². The van der Waals surface area contributed by atoms with Gasteiger partial charge in [-0.05, 0) is 71.7 Å². The van der Waals surface area contributed by atoms with Gasteiger partial charge in [-0.25, -0.2) is 0 Å². The molecular formula is C42H47N3Si+2. The molecule has 5 aromatic rings. The number of allylic oxidation sites excluding steroid dienone is 1. The first-order valence-electron chi connectivity index (χ1n) is 17.1. The zero-order valence-electron chi connectivity index (χ0n) is 28.3. The number of pyridine rings is 3. The summed E-state index contributed by atoms with van der Waals surface area (Å²) in [4.78, 5) is 4.66. The third-order valence-electron chi connectivity index (χ3n) is 10.4. The highest BCUT2D eigenvalue weighted by Gasteiger charge is 2.44. The van der Waals surface area contributed by atoms with Crippen LogP contribution >= 0.6 is 0 Å². The molecular weight excluding hydrogens is 575 g/mol. The largest absolute Gasteiger partial charge is 0.264 e. The second-order valence-electron chi connectivity index (χ2n) is 14.6. The highest BCUT2D eigenvalue weighted by molar-refractivity contribution is 6.89.